The number of hydrogen-bond acceptors (Lipinski definition) is 9. The standard InChI is InChI=1S/C40H35ClN6O4S2/c1-26-37(40(48)49)38(39(42-26)27-10-12-29(41)13-11-27)28-6-5-7-32(24-28)46-22-20-45(21-23-46)31-16-14-30(15-17-31)43-53-34-18-19-35(36(25-34)47(50)51)44-52-33-8-3-2-4-9-33/h2-19,24-25,42-44H,20-23H2,1H3,(H,48,49). The third-order valence-corrected chi connectivity index (χ3v) is 10.9. The lowest BCUT2D eigenvalue weighted by Gasteiger charge is -2.37. The van der Waals surface area contributed by atoms with E-state index < -0.39 is 5.97 Å². The largest absolute Gasteiger partial charge is 0.478 e. The van der Waals surface area contributed by atoms with E-state index in [9.17, 15) is 20.0 Å². The van der Waals surface area contributed by atoms with E-state index in [0.29, 0.717) is 22.0 Å². The van der Waals surface area contributed by atoms with Crippen LogP contribution in [-0.2, 0) is 0 Å². The average molecular weight is 763 g/mol. The number of H-pyrrole nitrogens is 1. The molecule has 0 bridgehead atoms. The molecule has 0 saturated carbocycles. The molecule has 5 aromatic carbocycles. The second-order valence-corrected chi connectivity index (χ2v) is 14.6. The number of rotatable bonds is 12. The van der Waals surface area contributed by atoms with Gasteiger partial charge in [0.15, 0.2) is 0 Å². The summed E-state index contributed by atoms with van der Waals surface area (Å²) in [7, 11) is 0. The molecule has 53 heavy (non-hydrogen) atoms. The van der Waals surface area contributed by atoms with Crippen molar-refractivity contribution in [1.29, 1.82) is 0 Å². The molecule has 7 rings (SSSR count). The van der Waals surface area contributed by atoms with Crippen molar-refractivity contribution in [1.82, 2.24) is 4.98 Å². The molecular weight excluding hydrogens is 728 g/mol. The maximum Gasteiger partial charge on any atom is 0.338 e. The number of benzene rings is 5. The quantitative estimate of drug-likeness (QED) is 0.0543. The van der Waals surface area contributed by atoms with Crippen molar-refractivity contribution in [3.05, 3.63) is 148 Å². The highest BCUT2D eigenvalue weighted by Gasteiger charge is 2.24. The molecule has 1 fully saturated rings. The van der Waals surface area contributed by atoms with E-state index in [1.54, 1.807) is 31.2 Å². The van der Waals surface area contributed by atoms with E-state index in [4.69, 9.17) is 11.6 Å². The number of piperazine rings is 1. The first-order chi connectivity index (χ1) is 25.7. The van der Waals surface area contributed by atoms with Gasteiger partial charge in [0.2, 0.25) is 0 Å². The Balaban J connectivity index is 0.979. The molecule has 1 aromatic heterocycles. The minimum Gasteiger partial charge on any atom is -0.478 e. The molecule has 0 amide bonds. The van der Waals surface area contributed by atoms with Gasteiger partial charge in [-0.2, -0.15) is 0 Å². The lowest BCUT2D eigenvalue weighted by atomic mass is 9.96. The summed E-state index contributed by atoms with van der Waals surface area (Å²) < 4.78 is 6.41. The molecule has 4 N–H and O–H groups in total. The normalized spacial score (nSPS) is 12.8. The second kappa shape index (κ2) is 16.0. The van der Waals surface area contributed by atoms with E-state index >= 15 is 0 Å². The number of hydrogen-bond donors (Lipinski definition) is 4. The second-order valence-electron chi connectivity index (χ2n) is 12.4. The van der Waals surface area contributed by atoms with E-state index in [1.807, 2.05) is 72.8 Å². The zero-order valence-corrected chi connectivity index (χ0v) is 31.0. The summed E-state index contributed by atoms with van der Waals surface area (Å²) in [5.41, 5.74) is 7.45. The highest BCUT2D eigenvalue weighted by atomic mass is 35.5. The first-order valence-electron chi connectivity index (χ1n) is 16.8. The highest BCUT2D eigenvalue weighted by Crippen LogP contribution is 2.39. The van der Waals surface area contributed by atoms with Crippen LogP contribution in [0.1, 0.15) is 16.1 Å². The van der Waals surface area contributed by atoms with Crippen molar-refractivity contribution < 1.29 is 14.8 Å². The van der Waals surface area contributed by atoms with Gasteiger partial charge in [0.05, 0.1) is 16.2 Å². The minimum atomic E-state index is -0.975. The van der Waals surface area contributed by atoms with Gasteiger partial charge in [0.1, 0.15) is 5.69 Å². The van der Waals surface area contributed by atoms with Crippen LogP contribution in [0.5, 0.6) is 0 Å². The van der Waals surface area contributed by atoms with Crippen molar-refractivity contribution in [3.63, 3.8) is 0 Å². The molecule has 0 aliphatic carbocycles. The van der Waals surface area contributed by atoms with Crippen molar-refractivity contribution >= 4 is 69.9 Å². The number of carboxylic acid groups (broad SMARTS) is 1. The summed E-state index contributed by atoms with van der Waals surface area (Å²) in [5.74, 6) is -0.975. The number of carbonyl (C=O) groups is 1. The topological polar surface area (TPSA) is 127 Å². The van der Waals surface area contributed by atoms with E-state index in [1.165, 1.54) is 23.9 Å². The summed E-state index contributed by atoms with van der Waals surface area (Å²) in [5, 5.41) is 22.6. The molecular formula is C40H35ClN6O4S2. The number of aromatic nitrogens is 1. The summed E-state index contributed by atoms with van der Waals surface area (Å²) in [6.07, 6.45) is 0. The number of halogens is 1. The fourth-order valence-corrected chi connectivity index (χ4v) is 7.87. The molecule has 1 aliphatic heterocycles. The number of carboxylic acids is 1. The zero-order valence-electron chi connectivity index (χ0n) is 28.6. The van der Waals surface area contributed by atoms with Gasteiger partial charge in [-0.15, -0.1) is 0 Å². The lowest BCUT2D eigenvalue weighted by molar-refractivity contribution is -0.384. The monoisotopic (exact) mass is 762 g/mol. The molecule has 10 nitrogen and oxygen atoms in total. The zero-order chi connectivity index (χ0) is 36.9. The molecule has 1 aliphatic rings. The Bertz CT molecular complexity index is 2240. The summed E-state index contributed by atoms with van der Waals surface area (Å²) in [6.45, 7) is 5.02. The van der Waals surface area contributed by atoms with Gasteiger partial charge < -0.3 is 29.3 Å². The van der Waals surface area contributed by atoms with Crippen molar-refractivity contribution in [2.45, 2.75) is 16.7 Å². The van der Waals surface area contributed by atoms with Crippen molar-refractivity contribution in [3.8, 4) is 22.4 Å². The van der Waals surface area contributed by atoms with E-state index in [2.05, 4.69) is 48.5 Å². The number of aromatic carboxylic acids is 1. The van der Waals surface area contributed by atoms with E-state index in [-0.39, 0.29) is 16.2 Å². The maximum absolute atomic E-state index is 12.4. The van der Waals surface area contributed by atoms with Crippen LogP contribution in [0.3, 0.4) is 0 Å². The number of nitrogens with one attached hydrogen (secondary N) is 3. The first kappa shape index (κ1) is 35.8. The molecule has 13 heteroatoms. The molecule has 1 saturated heterocycles. The summed E-state index contributed by atoms with van der Waals surface area (Å²) in [4.78, 5) is 33.5. The molecule has 0 radical (unpaired) electrons. The van der Waals surface area contributed by atoms with Gasteiger partial charge in [0.25, 0.3) is 5.69 Å². The number of nitro groups is 1. The van der Waals surface area contributed by atoms with Gasteiger partial charge in [-0.05, 0) is 115 Å². The van der Waals surface area contributed by atoms with Crippen LogP contribution in [0, 0.1) is 17.0 Å². The van der Waals surface area contributed by atoms with E-state index in [0.717, 1.165) is 69.9 Å². The van der Waals surface area contributed by atoms with Crippen molar-refractivity contribution in [2.75, 3.05) is 45.4 Å². The Kier molecular flexibility index (Phi) is 10.8. The number of nitro benzene ring substituents is 1. The molecule has 0 unspecified atom stereocenters. The van der Waals surface area contributed by atoms with Crippen molar-refractivity contribution in [2.24, 2.45) is 0 Å². The minimum absolute atomic E-state index is 0.00807. The van der Waals surface area contributed by atoms with Crippen LogP contribution in [0.25, 0.3) is 22.4 Å². The molecule has 268 valence electrons. The smallest absolute Gasteiger partial charge is 0.338 e. The van der Waals surface area contributed by atoms with Gasteiger partial charge in [-0.1, -0.05) is 54.1 Å². The Morgan fingerprint density at radius 1 is 0.774 bits per heavy atom. The van der Waals surface area contributed by atoms with Gasteiger partial charge in [-0.3, -0.25) is 10.1 Å². The number of anilines is 4. The maximum atomic E-state index is 12.4. The molecule has 6 aromatic rings. The Labute approximate surface area is 320 Å². The lowest BCUT2D eigenvalue weighted by Crippen LogP contribution is -2.46. The Morgan fingerprint density at radius 3 is 2.13 bits per heavy atom. The predicted molar refractivity (Wildman–Crippen MR) is 218 cm³/mol. The van der Waals surface area contributed by atoms with Gasteiger partial charge in [0, 0.05) is 75.4 Å². The Morgan fingerprint density at radius 2 is 1.45 bits per heavy atom. The highest BCUT2D eigenvalue weighted by molar-refractivity contribution is 8.00. The van der Waals surface area contributed by atoms with Crippen LogP contribution in [-0.4, -0.2) is 47.2 Å². The van der Waals surface area contributed by atoms with Crippen LogP contribution in [0.2, 0.25) is 5.02 Å². The number of nitrogens with zero attached hydrogens (tertiary/aromatic N) is 3. The number of aryl methyl sites for hydroxylation is 1. The summed E-state index contributed by atoms with van der Waals surface area (Å²) >= 11 is 8.79. The SMILES string of the molecule is Cc1[nH]c(-c2ccc(Cl)cc2)c(-c2cccc(N3CCN(c4ccc(NSc5ccc(NSc6ccccc6)c([N+](=O)[O-])c5)cc4)CC3)c2)c1C(=O)O. The summed E-state index contributed by atoms with van der Waals surface area (Å²) in [6, 6.07) is 38.4. The average Bonchev–Trinajstić information content (AvgIpc) is 3.54. The Hall–Kier alpha value is -5.56. The molecule has 2 heterocycles. The fourth-order valence-electron chi connectivity index (χ4n) is 6.37. The molecule has 0 atom stereocenters. The van der Waals surface area contributed by atoms with Crippen LogP contribution in [0.4, 0.5) is 28.4 Å². The predicted octanol–water partition coefficient (Wildman–Crippen LogP) is 10.5. The van der Waals surface area contributed by atoms with Gasteiger partial charge >= 0.3 is 5.97 Å². The van der Waals surface area contributed by atoms with Crippen LogP contribution < -0.4 is 19.2 Å². The van der Waals surface area contributed by atoms with Crippen LogP contribution >= 0.6 is 35.5 Å². The molecule has 0 spiro atoms. The van der Waals surface area contributed by atoms with Gasteiger partial charge in [-0.25, -0.2) is 4.79 Å². The third kappa shape index (κ3) is 8.25. The third-order valence-electron chi connectivity index (χ3n) is 9.02. The fraction of sp³-hybridized carbons (Fsp3) is 0.125. The van der Waals surface area contributed by atoms with Crippen LogP contribution in [0.15, 0.2) is 131 Å². The first-order valence-corrected chi connectivity index (χ1v) is 18.9. The number of aromatic amines is 1.